The van der Waals surface area contributed by atoms with Gasteiger partial charge in [0.1, 0.15) is 11.5 Å². The second kappa shape index (κ2) is 6.24. The lowest BCUT2D eigenvalue weighted by atomic mass is 10.0. The minimum absolute atomic E-state index is 0.379. The standard InChI is InChI=1S/C15H14Cl2N2O2/c1-20-11-6-12(21-2)15(17)13(14(11)16)8-3-4-10(19)9(5-8)7-18/h3-7,18H,19H2,1-2H3. The van der Waals surface area contributed by atoms with E-state index in [9.17, 15) is 0 Å². The largest absolute Gasteiger partial charge is 0.495 e. The molecular weight excluding hydrogens is 311 g/mol. The van der Waals surface area contributed by atoms with E-state index in [-0.39, 0.29) is 0 Å². The van der Waals surface area contributed by atoms with Crippen molar-refractivity contribution in [2.75, 3.05) is 20.0 Å². The summed E-state index contributed by atoms with van der Waals surface area (Å²) < 4.78 is 10.5. The van der Waals surface area contributed by atoms with E-state index in [0.717, 1.165) is 5.56 Å². The predicted molar refractivity (Wildman–Crippen MR) is 87.3 cm³/mol. The van der Waals surface area contributed by atoms with Crippen LogP contribution in [0.4, 0.5) is 5.69 Å². The van der Waals surface area contributed by atoms with Gasteiger partial charge in [-0.15, -0.1) is 0 Å². The van der Waals surface area contributed by atoms with E-state index in [2.05, 4.69) is 0 Å². The first kappa shape index (κ1) is 15.5. The molecule has 0 saturated carbocycles. The Hall–Kier alpha value is -1.91. The number of nitrogens with two attached hydrogens (primary N) is 1. The van der Waals surface area contributed by atoms with E-state index < -0.39 is 0 Å². The van der Waals surface area contributed by atoms with Crippen molar-refractivity contribution in [1.82, 2.24) is 0 Å². The second-order valence-electron chi connectivity index (χ2n) is 4.27. The lowest BCUT2D eigenvalue weighted by molar-refractivity contribution is 0.395. The highest BCUT2D eigenvalue weighted by atomic mass is 35.5. The number of hydrogen-bond acceptors (Lipinski definition) is 4. The number of ether oxygens (including phenoxy) is 2. The highest BCUT2D eigenvalue weighted by molar-refractivity contribution is 6.41. The first-order valence-corrected chi connectivity index (χ1v) is 6.79. The number of nitrogens with one attached hydrogen (secondary N) is 1. The molecule has 0 saturated heterocycles. The molecular formula is C15H14Cl2N2O2. The number of anilines is 1. The van der Waals surface area contributed by atoms with Crippen molar-refractivity contribution in [3.05, 3.63) is 39.9 Å². The van der Waals surface area contributed by atoms with Crippen molar-refractivity contribution >= 4 is 35.1 Å². The van der Waals surface area contributed by atoms with Gasteiger partial charge in [0.15, 0.2) is 0 Å². The normalized spacial score (nSPS) is 10.3. The molecule has 0 amide bonds. The number of benzene rings is 2. The molecule has 0 fully saturated rings. The Morgan fingerprint density at radius 3 is 2.10 bits per heavy atom. The maximum atomic E-state index is 7.39. The van der Waals surface area contributed by atoms with E-state index in [1.54, 1.807) is 24.3 Å². The molecule has 0 heterocycles. The summed E-state index contributed by atoms with van der Waals surface area (Å²) in [4.78, 5) is 0. The van der Waals surface area contributed by atoms with Gasteiger partial charge >= 0.3 is 0 Å². The first-order valence-electron chi connectivity index (χ1n) is 6.03. The van der Waals surface area contributed by atoms with Crippen molar-refractivity contribution < 1.29 is 9.47 Å². The Labute approximate surface area is 132 Å². The summed E-state index contributed by atoms with van der Waals surface area (Å²) in [6, 6.07) is 6.86. The molecule has 0 spiro atoms. The van der Waals surface area contributed by atoms with Gasteiger partial charge in [0.25, 0.3) is 0 Å². The number of hydrogen-bond donors (Lipinski definition) is 2. The highest BCUT2D eigenvalue weighted by Crippen LogP contribution is 2.46. The summed E-state index contributed by atoms with van der Waals surface area (Å²) in [5.74, 6) is 0.919. The minimum Gasteiger partial charge on any atom is -0.495 e. The lowest BCUT2D eigenvalue weighted by Crippen LogP contribution is -1.96. The summed E-state index contributed by atoms with van der Waals surface area (Å²) in [6.45, 7) is 0. The van der Waals surface area contributed by atoms with Crippen molar-refractivity contribution in [2.24, 2.45) is 0 Å². The van der Waals surface area contributed by atoms with Crippen LogP contribution in [0.2, 0.25) is 10.0 Å². The van der Waals surface area contributed by atoms with E-state index in [4.69, 9.17) is 43.8 Å². The molecule has 0 aromatic heterocycles. The molecule has 2 rings (SSSR count). The van der Waals surface area contributed by atoms with Crippen molar-refractivity contribution in [3.8, 4) is 22.6 Å². The van der Waals surface area contributed by atoms with Gasteiger partial charge in [-0.25, -0.2) is 0 Å². The zero-order valence-corrected chi connectivity index (χ0v) is 13.0. The SMILES string of the molecule is COc1cc(OC)c(Cl)c(-c2ccc(N)c(C=N)c2)c1Cl. The Bertz CT molecular complexity index is 674. The molecule has 0 aliphatic carbocycles. The molecule has 0 radical (unpaired) electrons. The molecule has 0 aliphatic rings. The molecule has 2 aromatic rings. The van der Waals surface area contributed by atoms with Crippen LogP contribution in [0, 0.1) is 5.41 Å². The fraction of sp³-hybridized carbons (Fsp3) is 0.133. The zero-order valence-electron chi connectivity index (χ0n) is 11.5. The van der Waals surface area contributed by atoms with Crippen LogP contribution >= 0.6 is 23.2 Å². The minimum atomic E-state index is 0.379. The van der Waals surface area contributed by atoms with Gasteiger partial charge in [0.05, 0.1) is 24.3 Å². The molecule has 0 unspecified atom stereocenters. The maximum absolute atomic E-state index is 7.39. The van der Waals surface area contributed by atoms with Crippen molar-refractivity contribution in [1.29, 1.82) is 5.41 Å². The van der Waals surface area contributed by atoms with E-state index >= 15 is 0 Å². The van der Waals surface area contributed by atoms with Crippen LogP contribution < -0.4 is 15.2 Å². The van der Waals surface area contributed by atoms with Crippen LogP contribution in [-0.4, -0.2) is 20.4 Å². The summed E-state index contributed by atoms with van der Waals surface area (Å²) >= 11 is 12.7. The molecule has 2 aromatic carbocycles. The van der Waals surface area contributed by atoms with E-state index in [1.165, 1.54) is 20.4 Å². The van der Waals surface area contributed by atoms with Crippen LogP contribution in [-0.2, 0) is 0 Å². The molecule has 3 N–H and O–H groups in total. The van der Waals surface area contributed by atoms with E-state index in [1.807, 2.05) is 0 Å². The Kier molecular flexibility index (Phi) is 4.60. The fourth-order valence-electron chi connectivity index (χ4n) is 1.99. The first-order chi connectivity index (χ1) is 10.0. The number of nitrogen functional groups attached to an aromatic ring is 1. The van der Waals surface area contributed by atoms with Crippen molar-refractivity contribution in [3.63, 3.8) is 0 Å². The zero-order chi connectivity index (χ0) is 15.6. The average molecular weight is 325 g/mol. The third-order valence-electron chi connectivity index (χ3n) is 3.10. The highest BCUT2D eigenvalue weighted by Gasteiger charge is 2.19. The number of rotatable bonds is 4. The summed E-state index contributed by atoms with van der Waals surface area (Å²) in [5.41, 5.74) is 8.21. The Balaban J connectivity index is 2.76. The van der Waals surface area contributed by atoms with Gasteiger partial charge in [0, 0.05) is 29.1 Å². The van der Waals surface area contributed by atoms with Crippen molar-refractivity contribution in [2.45, 2.75) is 0 Å². The monoisotopic (exact) mass is 324 g/mol. The van der Waals surface area contributed by atoms with Gasteiger partial charge in [-0.2, -0.15) is 0 Å². The lowest BCUT2D eigenvalue weighted by Gasteiger charge is -2.15. The molecule has 0 bridgehead atoms. The smallest absolute Gasteiger partial charge is 0.141 e. The van der Waals surface area contributed by atoms with E-state index in [0.29, 0.717) is 38.4 Å². The van der Waals surface area contributed by atoms with Gasteiger partial charge in [0.2, 0.25) is 0 Å². The van der Waals surface area contributed by atoms with Crippen LogP contribution in [0.5, 0.6) is 11.5 Å². The molecule has 4 nitrogen and oxygen atoms in total. The van der Waals surface area contributed by atoms with Gasteiger partial charge in [-0.05, 0) is 17.7 Å². The third-order valence-corrected chi connectivity index (χ3v) is 3.86. The molecule has 110 valence electrons. The van der Waals surface area contributed by atoms with Gasteiger partial charge in [-0.3, -0.25) is 0 Å². The summed E-state index contributed by atoms with van der Waals surface area (Å²) in [5, 5.41) is 8.14. The summed E-state index contributed by atoms with van der Waals surface area (Å²) in [6.07, 6.45) is 1.18. The molecule has 0 aliphatic heterocycles. The van der Waals surface area contributed by atoms with Crippen LogP contribution in [0.15, 0.2) is 24.3 Å². The quantitative estimate of drug-likeness (QED) is 0.652. The third kappa shape index (κ3) is 2.77. The van der Waals surface area contributed by atoms with Gasteiger partial charge in [-0.1, -0.05) is 29.3 Å². The molecule has 6 heteroatoms. The predicted octanol–water partition coefficient (Wildman–Crippen LogP) is 4.26. The van der Waals surface area contributed by atoms with Crippen LogP contribution in [0.1, 0.15) is 5.56 Å². The van der Waals surface area contributed by atoms with Gasteiger partial charge < -0.3 is 20.6 Å². The van der Waals surface area contributed by atoms with Crippen LogP contribution in [0.25, 0.3) is 11.1 Å². The molecule has 0 atom stereocenters. The topological polar surface area (TPSA) is 68.3 Å². The Morgan fingerprint density at radius 2 is 1.62 bits per heavy atom. The fourth-order valence-corrected chi connectivity index (χ4v) is 2.71. The Morgan fingerprint density at radius 1 is 1.05 bits per heavy atom. The second-order valence-corrected chi connectivity index (χ2v) is 5.03. The molecule has 21 heavy (non-hydrogen) atoms. The number of halogens is 2. The maximum Gasteiger partial charge on any atom is 0.141 e. The average Bonchev–Trinajstić information content (AvgIpc) is 2.49. The summed E-state index contributed by atoms with van der Waals surface area (Å²) in [7, 11) is 3.04. The van der Waals surface area contributed by atoms with Crippen LogP contribution in [0.3, 0.4) is 0 Å². The number of methoxy groups -OCH3 is 2.